The predicted octanol–water partition coefficient (Wildman–Crippen LogP) is -1.25. The van der Waals surface area contributed by atoms with Crippen molar-refractivity contribution in [2.24, 2.45) is 0 Å². The van der Waals surface area contributed by atoms with Gasteiger partial charge < -0.3 is 9.47 Å². The number of hydrogen-bond acceptors (Lipinski definition) is 4. The van der Waals surface area contributed by atoms with Gasteiger partial charge in [0.05, 0.1) is 26.7 Å². The molecule has 2 fully saturated rings. The fourth-order valence-electron chi connectivity index (χ4n) is 0.722. The van der Waals surface area contributed by atoms with E-state index >= 15 is 0 Å². The van der Waals surface area contributed by atoms with Crippen LogP contribution in [0.2, 0.25) is 0 Å². The molecule has 0 aromatic rings. The minimum absolute atomic E-state index is 0. The molecule has 2 heterocycles. The SMILES string of the molecule is C1COCN1.C1COCN1.[Sn]. The molecule has 0 aromatic carbocycles. The van der Waals surface area contributed by atoms with Crippen molar-refractivity contribution in [1.82, 2.24) is 10.6 Å². The Bertz CT molecular complexity index is 51.8. The van der Waals surface area contributed by atoms with Gasteiger partial charge in [0.25, 0.3) is 0 Å². The summed E-state index contributed by atoms with van der Waals surface area (Å²) in [5.41, 5.74) is 0. The van der Waals surface area contributed by atoms with Crippen molar-refractivity contribution in [3.63, 3.8) is 0 Å². The second-order valence-corrected chi connectivity index (χ2v) is 2.11. The van der Waals surface area contributed by atoms with Gasteiger partial charge in [-0.05, 0) is 0 Å². The molecule has 0 amide bonds. The first kappa shape index (κ1) is 11.6. The van der Waals surface area contributed by atoms with Gasteiger partial charge in [0.15, 0.2) is 0 Å². The van der Waals surface area contributed by atoms with Gasteiger partial charge in [-0.3, -0.25) is 10.6 Å². The Hall–Kier alpha value is 0.639. The van der Waals surface area contributed by atoms with E-state index in [0.29, 0.717) is 0 Å². The van der Waals surface area contributed by atoms with E-state index in [2.05, 4.69) is 10.6 Å². The summed E-state index contributed by atoms with van der Waals surface area (Å²) < 4.78 is 9.67. The van der Waals surface area contributed by atoms with Crippen molar-refractivity contribution < 1.29 is 9.47 Å². The number of nitrogens with one attached hydrogen (secondary N) is 2. The van der Waals surface area contributed by atoms with Crippen molar-refractivity contribution >= 4 is 23.9 Å². The Labute approximate surface area is 84.0 Å². The van der Waals surface area contributed by atoms with Gasteiger partial charge in [0, 0.05) is 37.0 Å². The van der Waals surface area contributed by atoms with Crippen LogP contribution in [-0.4, -0.2) is 63.7 Å². The van der Waals surface area contributed by atoms with Crippen LogP contribution in [0.1, 0.15) is 0 Å². The Morgan fingerprint density at radius 3 is 1.36 bits per heavy atom. The Kier molecular flexibility index (Phi) is 9.24. The van der Waals surface area contributed by atoms with Gasteiger partial charge >= 0.3 is 0 Å². The summed E-state index contributed by atoms with van der Waals surface area (Å²) in [5, 5.41) is 6.00. The van der Waals surface area contributed by atoms with Crippen LogP contribution < -0.4 is 10.6 Å². The van der Waals surface area contributed by atoms with E-state index in [9.17, 15) is 0 Å². The molecule has 0 aliphatic carbocycles. The third-order valence-corrected chi connectivity index (χ3v) is 1.25. The topological polar surface area (TPSA) is 42.5 Å². The Morgan fingerprint density at radius 2 is 1.27 bits per heavy atom. The van der Waals surface area contributed by atoms with E-state index in [1.807, 2.05) is 0 Å². The molecule has 4 nitrogen and oxygen atoms in total. The fourth-order valence-corrected chi connectivity index (χ4v) is 0.722. The monoisotopic (exact) mass is 266 g/mol. The molecule has 0 unspecified atom stereocenters. The van der Waals surface area contributed by atoms with Gasteiger partial charge in [0.1, 0.15) is 0 Å². The molecule has 2 aliphatic heterocycles. The normalized spacial score (nSPS) is 21.8. The van der Waals surface area contributed by atoms with Gasteiger partial charge in [-0.15, -0.1) is 0 Å². The summed E-state index contributed by atoms with van der Waals surface area (Å²) in [5.74, 6) is 0. The van der Waals surface area contributed by atoms with Gasteiger partial charge in [-0.2, -0.15) is 0 Å². The molecule has 64 valence electrons. The first-order valence-electron chi connectivity index (χ1n) is 3.57. The zero-order valence-electron chi connectivity index (χ0n) is 6.56. The van der Waals surface area contributed by atoms with Crippen LogP contribution in [0.15, 0.2) is 0 Å². The van der Waals surface area contributed by atoms with Crippen molar-refractivity contribution in [2.75, 3.05) is 39.8 Å². The molecule has 0 spiro atoms. The minimum atomic E-state index is 0. The van der Waals surface area contributed by atoms with E-state index < -0.39 is 0 Å². The van der Waals surface area contributed by atoms with Crippen LogP contribution >= 0.6 is 0 Å². The molecule has 0 saturated carbocycles. The molecule has 11 heavy (non-hydrogen) atoms. The zero-order chi connectivity index (χ0) is 7.07. The molecule has 2 aliphatic rings. The number of hydrogen-bond donors (Lipinski definition) is 2. The van der Waals surface area contributed by atoms with E-state index in [1.54, 1.807) is 0 Å². The van der Waals surface area contributed by atoms with Crippen molar-refractivity contribution in [3.8, 4) is 0 Å². The summed E-state index contributed by atoms with van der Waals surface area (Å²) in [6.45, 7) is 5.33. The van der Waals surface area contributed by atoms with Crippen LogP contribution in [0.5, 0.6) is 0 Å². The maximum absolute atomic E-state index is 4.83. The van der Waals surface area contributed by atoms with Crippen molar-refractivity contribution in [3.05, 3.63) is 0 Å². The second kappa shape index (κ2) is 8.73. The fraction of sp³-hybridized carbons (Fsp3) is 1.00. The van der Waals surface area contributed by atoms with E-state index in [1.165, 1.54) is 0 Å². The number of ether oxygens (including phenoxy) is 2. The maximum atomic E-state index is 4.83. The largest absolute Gasteiger partial charge is 0.365 e. The Morgan fingerprint density at radius 1 is 0.818 bits per heavy atom. The molecule has 2 N–H and O–H groups in total. The van der Waals surface area contributed by atoms with Crippen molar-refractivity contribution in [1.29, 1.82) is 0 Å². The third kappa shape index (κ3) is 7.01. The van der Waals surface area contributed by atoms with Crippen molar-refractivity contribution in [2.45, 2.75) is 0 Å². The van der Waals surface area contributed by atoms with Crippen LogP contribution in [0.4, 0.5) is 0 Å². The molecule has 0 bridgehead atoms. The first-order valence-corrected chi connectivity index (χ1v) is 3.57. The van der Waals surface area contributed by atoms with E-state index in [-0.39, 0.29) is 23.9 Å². The minimum Gasteiger partial charge on any atom is -0.365 e. The summed E-state index contributed by atoms with van der Waals surface area (Å²) in [4.78, 5) is 0. The maximum Gasteiger partial charge on any atom is 0.0966 e. The predicted molar refractivity (Wildman–Crippen MR) is 43.4 cm³/mol. The average Bonchev–Trinajstić information content (AvgIpc) is 2.67. The van der Waals surface area contributed by atoms with E-state index in [0.717, 1.165) is 39.8 Å². The van der Waals surface area contributed by atoms with Gasteiger partial charge in [0.2, 0.25) is 0 Å². The summed E-state index contributed by atoms with van der Waals surface area (Å²) in [7, 11) is 0. The smallest absolute Gasteiger partial charge is 0.0966 e. The molecule has 4 radical (unpaired) electrons. The second-order valence-electron chi connectivity index (χ2n) is 2.11. The van der Waals surface area contributed by atoms with E-state index in [4.69, 9.17) is 9.47 Å². The zero-order valence-corrected chi connectivity index (χ0v) is 9.41. The van der Waals surface area contributed by atoms with Crippen LogP contribution in [-0.2, 0) is 9.47 Å². The van der Waals surface area contributed by atoms with Gasteiger partial charge in [-0.25, -0.2) is 0 Å². The molecule has 0 aromatic heterocycles. The molecular weight excluding hydrogens is 251 g/mol. The van der Waals surface area contributed by atoms with Crippen LogP contribution in [0.3, 0.4) is 0 Å². The quantitative estimate of drug-likeness (QED) is 0.537. The summed E-state index contributed by atoms with van der Waals surface area (Å²) in [6, 6.07) is 0. The molecule has 0 atom stereocenters. The third-order valence-electron chi connectivity index (χ3n) is 1.25. The molecule has 5 heteroatoms. The summed E-state index contributed by atoms with van der Waals surface area (Å²) >= 11 is 0. The van der Waals surface area contributed by atoms with Crippen LogP contribution in [0.25, 0.3) is 0 Å². The first-order chi connectivity index (χ1) is 5.00. The van der Waals surface area contributed by atoms with Crippen LogP contribution in [0, 0.1) is 0 Å². The molecular formula is C6H14N2O2Sn. The average molecular weight is 265 g/mol. The molecule has 2 saturated heterocycles. The van der Waals surface area contributed by atoms with Gasteiger partial charge in [-0.1, -0.05) is 0 Å². The number of rotatable bonds is 0. The summed E-state index contributed by atoms with van der Waals surface area (Å²) in [6.07, 6.45) is 0. The Balaban J connectivity index is 0.000000167. The standard InChI is InChI=1S/2C3H7NO.Sn/c2*1-2-5-3-4-1;/h2*4H,1-3H2;. The molecule has 2 rings (SSSR count).